The molecule has 1 aromatic rings. The summed E-state index contributed by atoms with van der Waals surface area (Å²) >= 11 is 0. The van der Waals surface area contributed by atoms with Crippen LogP contribution in [0.1, 0.15) is 12.6 Å². The first-order valence-electron chi connectivity index (χ1n) is 6.80. The average Bonchev–Trinajstić information content (AvgIpc) is 2.77. The zero-order valence-corrected chi connectivity index (χ0v) is 11.5. The third kappa shape index (κ3) is 3.80. The van der Waals surface area contributed by atoms with Crippen molar-refractivity contribution >= 4 is 0 Å². The van der Waals surface area contributed by atoms with Crippen molar-refractivity contribution in [2.75, 3.05) is 39.3 Å². The van der Waals surface area contributed by atoms with E-state index >= 15 is 0 Å². The average molecular weight is 251 g/mol. The second-order valence-electron chi connectivity index (χ2n) is 5.40. The van der Waals surface area contributed by atoms with Crippen LogP contribution in [-0.4, -0.2) is 58.8 Å². The highest BCUT2D eigenvalue weighted by Crippen LogP contribution is 2.08. The lowest BCUT2D eigenvalue weighted by molar-refractivity contribution is 0.115. The molecular weight excluding hydrogens is 226 g/mol. The monoisotopic (exact) mass is 251 g/mol. The Labute approximate surface area is 110 Å². The molecule has 2 rings (SSSR count). The molecule has 1 saturated heterocycles. The Morgan fingerprint density at radius 2 is 1.94 bits per heavy atom. The fourth-order valence-corrected chi connectivity index (χ4v) is 2.42. The molecule has 1 aliphatic rings. The number of rotatable bonds is 5. The highest BCUT2D eigenvalue weighted by atomic mass is 15.3. The number of aromatic nitrogens is 2. The summed E-state index contributed by atoms with van der Waals surface area (Å²) in [6.45, 7) is 9.68. The van der Waals surface area contributed by atoms with E-state index in [1.54, 1.807) is 0 Å². The Bertz CT molecular complexity index is 354. The normalized spacial score (nSPS) is 20.2. The van der Waals surface area contributed by atoms with Crippen LogP contribution >= 0.6 is 0 Å². The smallest absolute Gasteiger partial charge is 0.0764 e. The third-order valence-corrected chi connectivity index (χ3v) is 3.59. The van der Waals surface area contributed by atoms with Gasteiger partial charge < -0.3 is 10.6 Å². The van der Waals surface area contributed by atoms with Crippen LogP contribution in [-0.2, 0) is 13.6 Å². The lowest BCUT2D eigenvalue weighted by Crippen LogP contribution is -2.47. The maximum Gasteiger partial charge on any atom is 0.0764 e. The van der Waals surface area contributed by atoms with E-state index in [-0.39, 0.29) is 0 Å². The third-order valence-electron chi connectivity index (χ3n) is 3.59. The molecule has 1 atom stereocenters. The standard InChI is InChI=1S/C13H25N5/c1-12(9-14)10-17-5-7-18(8-6-17)11-13-3-4-16(2)15-13/h3-4,12H,5-11,14H2,1-2H3. The first-order chi connectivity index (χ1) is 8.67. The summed E-state index contributed by atoms with van der Waals surface area (Å²) in [7, 11) is 1.97. The molecule has 1 unspecified atom stereocenters. The summed E-state index contributed by atoms with van der Waals surface area (Å²) in [6, 6.07) is 2.10. The fraction of sp³-hybridized carbons (Fsp3) is 0.769. The zero-order chi connectivity index (χ0) is 13.0. The van der Waals surface area contributed by atoms with Gasteiger partial charge in [-0.3, -0.25) is 9.58 Å². The van der Waals surface area contributed by atoms with Gasteiger partial charge in [0.25, 0.3) is 0 Å². The molecule has 18 heavy (non-hydrogen) atoms. The van der Waals surface area contributed by atoms with E-state index in [1.807, 2.05) is 17.9 Å². The number of nitrogens with zero attached hydrogens (tertiary/aromatic N) is 4. The van der Waals surface area contributed by atoms with Gasteiger partial charge in [-0.1, -0.05) is 6.92 Å². The molecule has 0 radical (unpaired) electrons. The van der Waals surface area contributed by atoms with Gasteiger partial charge in [-0.05, 0) is 18.5 Å². The van der Waals surface area contributed by atoms with Crippen molar-refractivity contribution < 1.29 is 0 Å². The zero-order valence-electron chi connectivity index (χ0n) is 11.5. The van der Waals surface area contributed by atoms with Gasteiger partial charge in [0.1, 0.15) is 0 Å². The van der Waals surface area contributed by atoms with Crippen molar-refractivity contribution in [1.29, 1.82) is 0 Å². The van der Waals surface area contributed by atoms with Gasteiger partial charge in [-0.2, -0.15) is 5.10 Å². The number of hydrogen-bond acceptors (Lipinski definition) is 4. The summed E-state index contributed by atoms with van der Waals surface area (Å²) in [5.74, 6) is 0.604. The Kier molecular flexibility index (Phi) is 4.74. The summed E-state index contributed by atoms with van der Waals surface area (Å²) < 4.78 is 1.87. The van der Waals surface area contributed by atoms with E-state index < -0.39 is 0 Å². The van der Waals surface area contributed by atoms with Gasteiger partial charge in [0, 0.05) is 52.5 Å². The first kappa shape index (κ1) is 13.5. The van der Waals surface area contributed by atoms with Gasteiger partial charge in [-0.25, -0.2) is 0 Å². The number of nitrogens with two attached hydrogens (primary N) is 1. The summed E-state index contributed by atoms with van der Waals surface area (Å²) in [5, 5.41) is 4.43. The SMILES string of the molecule is CC(CN)CN1CCN(Cc2ccn(C)n2)CC1. The van der Waals surface area contributed by atoms with Gasteiger partial charge >= 0.3 is 0 Å². The topological polar surface area (TPSA) is 50.3 Å². The van der Waals surface area contributed by atoms with E-state index in [2.05, 4.69) is 27.9 Å². The second-order valence-corrected chi connectivity index (χ2v) is 5.40. The predicted octanol–water partition coefficient (Wildman–Crippen LogP) is 0.133. The molecule has 2 heterocycles. The van der Waals surface area contributed by atoms with Crippen LogP contribution in [0.25, 0.3) is 0 Å². The van der Waals surface area contributed by atoms with Crippen LogP contribution < -0.4 is 5.73 Å². The maximum atomic E-state index is 5.67. The quantitative estimate of drug-likeness (QED) is 0.808. The lowest BCUT2D eigenvalue weighted by atomic mass is 10.1. The van der Waals surface area contributed by atoms with E-state index in [1.165, 1.54) is 5.69 Å². The van der Waals surface area contributed by atoms with Crippen LogP contribution in [0.4, 0.5) is 0 Å². The Morgan fingerprint density at radius 1 is 1.28 bits per heavy atom. The summed E-state index contributed by atoms with van der Waals surface area (Å²) in [6.07, 6.45) is 2.01. The molecule has 5 heteroatoms. The fourth-order valence-electron chi connectivity index (χ4n) is 2.42. The van der Waals surface area contributed by atoms with Crippen molar-refractivity contribution in [2.45, 2.75) is 13.5 Å². The largest absolute Gasteiger partial charge is 0.330 e. The molecule has 0 spiro atoms. The molecule has 2 N–H and O–H groups in total. The van der Waals surface area contributed by atoms with Gasteiger partial charge in [0.15, 0.2) is 0 Å². The Hall–Kier alpha value is -0.910. The number of piperazine rings is 1. The lowest BCUT2D eigenvalue weighted by Gasteiger charge is -2.35. The maximum absolute atomic E-state index is 5.67. The van der Waals surface area contributed by atoms with Crippen molar-refractivity contribution in [3.05, 3.63) is 18.0 Å². The molecule has 0 aliphatic carbocycles. The van der Waals surface area contributed by atoms with Crippen LogP contribution in [0, 0.1) is 5.92 Å². The van der Waals surface area contributed by atoms with Crippen LogP contribution in [0.2, 0.25) is 0 Å². The molecule has 1 aromatic heterocycles. The molecule has 5 nitrogen and oxygen atoms in total. The van der Waals surface area contributed by atoms with E-state index in [0.717, 1.165) is 45.8 Å². The molecule has 102 valence electrons. The molecule has 0 bridgehead atoms. The van der Waals surface area contributed by atoms with Crippen LogP contribution in [0.15, 0.2) is 12.3 Å². The highest BCUT2D eigenvalue weighted by Gasteiger charge is 2.18. The van der Waals surface area contributed by atoms with Crippen molar-refractivity contribution in [3.63, 3.8) is 0 Å². The molecule has 0 saturated carbocycles. The minimum Gasteiger partial charge on any atom is -0.330 e. The van der Waals surface area contributed by atoms with E-state index in [4.69, 9.17) is 5.73 Å². The van der Waals surface area contributed by atoms with Gasteiger partial charge in [-0.15, -0.1) is 0 Å². The van der Waals surface area contributed by atoms with Crippen molar-refractivity contribution in [3.8, 4) is 0 Å². The summed E-state index contributed by atoms with van der Waals surface area (Å²) in [5.41, 5.74) is 6.84. The second kappa shape index (κ2) is 6.31. The molecule has 0 aromatic carbocycles. The van der Waals surface area contributed by atoms with Crippen molar-refractivity contribution in [2.24, 2.45) is 18.7 Å². The number of aryl methyl sites for hydroxylation is 1. The van der Waals surface area contributed by atoms with E-state index in [9.17, 15) is 0 Å². The van der Waals surface area contributed by atoms with Gasteiger partial charge in [0.05, 0.1) is 5.69 Å². The van der Waals surface area contributed by atoms with Crippen molar-refractivity contribution in [1.82, 2.24) is 19.6 Å². The minimum absolute atomic E-state index is 0.604. The molecule has 0 amide bonds. The molecule has 1 aliphatic heterocycles. The van der Waals surface area contributed by atoms with E-state index in [0.29, 0.717) is 5.92 Å². The molecule has 1 fully saturated rings. The van der Waals surface area contributed by atoms with Gasteiger partial charge in [0.2, 0.25) is 0 Å². The first-order valence-corrected chi connectivity index (χ1v) is 6.80. The Morgan fingerprint density at radius 3 is 2.50 bits per heavy atom. The predicted molar refractivity (Wildman–Crippen MR) is 73.1 cm³/mol. The summed E-state index contributed by atoms with van der Waals surface area (Å²) in [4.78, 5) is 5.00. The van der Waals surface area contributed by atoms with Crippen LogP contribution in [0.3, 0.4) is 0 Å². The Balaban J connectivity index is 1.73. The number of hydrogen-bond donors (Lipinski definition) is 1. The highest BCUT2D eigenvalue weighted by molar-refractivity contribution is 4.98. The van der Waals surface area contributed by atoms with Crippen LogP contribution in [0.5, 0.6) is 0 Å². The molecular formula is C13H25N5. The minimum atomic E-state index is 0.604.